The van der Waals surface area contributed by atoms with Crippen LogP contribution in [-0.2, 0) is 28.5 Å². The van der Waals surface area contributed by atoms with E-state index in [9.17, 15) is 65.8 Å². The molecule has 3 heterocycles. The van der Waals surface area contributed by atoms with Crippen molar-refractivity contribution in [2.24, 2.45) is 23.5 Å². The summed E-state index contributed by atoms with van der Waals surface area (Å²) in [6.07, 6.45) is 2.28. The van der Waals surface area contributed by atoms with E-state index in [1.807, 2.05) is 49.5 Å². The van der Waals surface area contributed by atoms with Gasteiger partial charge in [0.05, 0.1) is 79.6 Å². The number of carbonyl (C=O) groups excluding carboxylic acids is 1. The molecule has 0 amide bonds. The zero-order chi connectivity index (χ0) is 48.4. The van der Waals surface area contributed by atoms with E-state index in [2.05, 4.69) is 0 Å². The van der Waals surface area contributed by atoms with Crippen LogP contribution in [0.3, 0.4) is 0 Å². The molecule has 3 rings (SSSR count). The molecule has 19 atom stereocenters. The van der Waals surface area contributed by atoms with Crippen molar-refractivity contribution >= 4 is 11.9 Å². The zero-order valence-electron chi connectivity index (χ0n) is 37.8. The fourth-order valence-corrected chi connectivity index (χ4v) is 8.11. The van der Waals surface area contributed by atoms with E-state index < -0.39 is 141 Å². The summed E-state index contributed by atoms with van der Waals surface area (Å²) < 4.78 is 23.2. The quantitative estimate of drug-likeness (QED) is 0.175. The summed E-state index contributed by atoms with van der Waals surface area (Å²) in [5.41, 5.74) is 6.02. The van der Waals surface area contributed by atoms with Crippen LogP contribution < -0.4 is 5.73 Å². The van der Waals surface area contributed by atoms with Gasteiger partial charge in [0.25, 0.3) is 0 Å². The largest absolute Gasteiger partial charge is 0.481 e. The number of carboxylic acid groups (broad SMARTS) is 1. The van der Waals surface area contributed by atoms with Crippen LogP contribution in [0, 0.1) is 17.8 Å². The summed E-state index contributed by atoms with van der Waals surface area (Å²) in [5, 5.41) is 118. The van der Waals surface area contributed by atoms with Crippen molar-refractivity contribution in [2.45, 2.75) is 189 Å². The number of aliphatic carboxylic acids is 1. The monoisotopic (exact) mass is 926 g/mol. The molecule has 0 aliphatic carbocycles. The average Bonchev–Trinajstić information content (AvgIpc) is 3.21. The molecule has 3 aliphatic heterocycles. The molecule has 13 N–H and O–H groups in total. The highest BCUT2D eigenvalue weighted by Gasteiger charge is 2.51. The number of cyclic esters (lactones) is 1. The topological polar surface area (TPSA) is 320 Å². The van der Waals surface area contributed by atoms with E-state index in [1.54, 1.807) is 38.2 Å². The minimum Gasteiger partial charge on any atom is -0.481 e. The van der Waals surface area contributed by atoms with Gasteiger partial charge in [-0.05, 0) is 52.4 Å². The molecule has 370 valence electrons. The molecular formula is C47H75NO17. The van der Waals surface area contributed by atoms with Crippen molar-refractivity contribution in [3.8, 4) is 0 Å². The van der Waals surface area contributed by atoms with Gasteiger partial charge < -0.3 is 80.9 Å². The Balaban J connectivity index is 1.84. The predicted octanol–water partition coefficient (Wildman–Crippen LogP) is 0.936. The second kappa shape index (κ2) is 27.6. The summed E-state index contributed by atoms with van der Waals surface area (Å²) in [4.78, 5) is 25.1. The van der Waals surface area contributed by atoms with Crippen LogP contribution in [0.5, 0.6) is 0 Å². The Morgan fingerprint density at radius 2 is 1.28 bits per heavy atom. The van der Waals surface area contributed by atoms with Gasteiger partial charge in [0.1, 0.15) is 18.1 Å². The number of ether oxygens (including phenoxy) is 4. The standard InChI is InChI=1S/C47H75NO17/c1-27-17-15-13-11-9-7-5-6-8-10-12-14-16-18-34(64-46-44(58)41(48)43(57)30(4)63-46)24-38-40(45(59)60)37(54)26-47(61,65-38)25-36(53)35(52)20-19-31(49)21-32(50)22-33(51)23-39(55)62-29(3)28(2)42(27)56/h5-6,8,10-18,27-38,40-44,46,49-54,56-58,61H,7,9,19-26,48H2,1-4H3,(H,59,60)/b6-5+,10-8+,13-11-,14-12+,17-15+,18-16+/t27-,28-,29-,30+,31?,32?,33?,34?,35?,36?,37?,38?,40?,41-,42+,43+,44-,46+,47+/m1/s1. The Kier molecular flexibility index (Phi) is 23.8. The lowest BCUT2D eigenvalue weighted by Gasteiger charge is -2.45. The average molecular weight is 926 g/mol. The van der Waals surface area contributed by atoms with Crippen LogP contribution in [0.1, 0.15) is 91.9 Å². The summed E-state index contributed by atoms with van der Waals surface area (Å²) in [6, 6.07) is -1.14. The summed E-state index contributed by atoms with van der Waals surface area (Å²) in [6.45, 7) is 6.78. The zero-order valence-corrected chi connectivity index (χ0v) is 37.8. The Morgan fingerprint density at radius 3 is 1.94 bits per heavy atom. The molecule has 2 saturated heterocycles. The molecular weight excluding hydrogens is 851 g/mol. The van der Waals surface area contributed by atoms with Crippen LogP contribution >= 0.6 is 0 Å². The maximum atomic E-state index is 12.6. The number of carboxylic acids is 1. The highest BCUT2D eigenvalue weighted by molar-refractivity contribution is 5.71. The van der Waals surface area contributed by atoms with Crippen molar-refractivity contribution in [1.29, 1.82) is 0 Å². The maximum absolute atomic E-state index is 12.6. The van der Waals surface area contributed by atoms with Gasteiger partial charge in [-0.3, -0.25) is 9.59 Å². The van der Waals surface area contributed by atoms with Crippen molar-refractivity contribution in [3.63, 3.8) is 0 Å². The number of aliphatic hydroxyl groups excluding tert-OH is 9. The summed E-state index contributed by atoms with van der Waals surface area (Å²) >= 11 is 0. The van der Waals surface area contributed by atoms with Gasteiger partial charge in [-0.1, -0.05) is 86.8 Å². The van der Waals surface area contributed by atoms with E-state index in [0.29, 0.717) is 0 Å². The van der Waals surface area contributed by atoms with Crippen molar-refractivity contribution < 1.29 is 84.7 Å². The van der Waals surface area contributed by atoms with Crippen LogP contribution in [0.15, 0.2) is 72.9 Å². The van der Waals surface area contributed by atoms with Crippen molar-refractivity contribution in [3.05, 3.63) is 72.9 Å². The van der Waals surface area contributed by atoms with Gasteiger partial charge in [0, 0.05) is 31.1 Å². The normalized spacial score (nSPS) is 45.2. The van der Waals surface area contributed by atoms with Crippen LogP contribution in [0.2, 0.25) is 0 Å². The number of hydrogen-bond donors (Lipinski definition) is 12. The number of esters is 1. The molecule has 0 aromatic rings. The minimum absolute atomic E-state index is 0.138. The van der Waals surface area contributed by atoms with Gasteiger partial charge >= 0.3 is 11.9 Å². The number of fused-ring (bicyclic) bond motifs is 2. The third-order valence-electron chi connectivity index (χ3n) is 12.2. The Hall–Kier alpha value is -3.18. The molecule has 3 aliphatic rings. The number of nitrogens with two attached hydrogens (primary N) is 1. The Bertz CT molecular complexity index is 1620. The predicted molar refractivity (Wildman–Crippen MR) is 237 cm³/mol. The minimum atomic E-state index is -2.35. The van der Waals surface area contributed by atoms with Gasteiger partial charge in [-0.25, -0.2) is 0 Å². The number of carbonyl (C=O) groups is 2. The second-order valence-electron chi connectivity index (χ2n) is 17.8. The molecule has 2 fully saturated rings. The molecule has 18 nitrogen and oxygen atoms in total. The van der Waals surface area contributed by atoms with Gasteiger partial charge in [-0.2, -0.15) is 0 Å². The second-order valence-corrected chi connectivity index (χ2v) is 17.8. The lowest BCUT2D eigenvalue weighted by atomic mass is 9.82. The highest BCUT2D eigenvalue weighted by Crippen LogP contribution is 2.38. The lowest BCUT2D eigenvalue weighted by Crippen LogP contribution is -2.61. The number of allylic oxidation sites excluding steroid dienone is 10. The first kappa shape index (κ1) is 56.1. The van der Waals surface area contributed by atoms with E-state index >= 15 is 0 Å². The van der Waals surface area contributed by atoms with Crippen LogP contribution in [0.4, 0.5) is 0 Å². The maximum Gasteiger partial charge on any atom is 0.311 e. The van der Waals surface area contributed by atoms with E-state index in [4.69, 9.17) is 24.7 Å². The Labute approximate surface area is 381 Å². The molecule has 0 aromatic carbocycles. The van der Waals surface area contributed by atoms with Gasteiger partial charge in [-0.15, -0.1) is 0 Å². The third kappa shape index (κ3) is 18.8. The summed E-state index contributed by atoms with van der Waals surface area (Å²) in [5.74, 6) is -6.82. The van der Waals surface area contributed by atoms with Crippen molar-refractivity contribution in [2.75, 3.05) is 0 Å². The fraction of sp³-hybridized carbons (Fsp3) is 0.702. The lowest BCUT2D eigenvalue weighted by molar-refractivity contribution is -0.310. The highest BCUT2D eigenvalue weighted by atomic mass is 16.7. The van der Waals surface area contributed by atoms with Gasteiger partial charge in [0.2, 0.25) is 0 Å². The van der Waals surface area contributed by atoms with Crippen LogP contribution in [-0.4, -0.2) is 166 Å². The SMILES string of the molecule is C[C@H]1[C@@H](O)[C@H](C)/C=C/C=C\CC/C=C/C=C/C=C/C=C/C(O[C@@H]2O[C@@H](C)[C@H](O)[C@@H](N)[C@H]2O)CC2O[C@@](O)(CC(O)C(O)CCC(O)CC(O)CC(O)CC(=O)O[C@@H]1C)CC(O)C2C(=O)O. The van der Waals surface area contributed by atoms with E-state index in [1.165, 1.54) is 13.0 Å². The number of aliphatic hydroxyl groups is 10. The van der Waals surface area contributed by atoms with Crippen molar-refractivity contribution in [1.82, 2.24) is 0 Å². The molecule has 0 radical (unpaired) electrons. The number of rotatable bonds is 3. The number of hydrogen-bond acceptors (Lipinski definition) is 17. The smallest absolute Gasteiger partial charge is 0.311 e. The molecule has 0 aromatic heterocycles. The third-order valence-corrected chi connectivity index (χ3v) is 12.2. The fourth-order valence-electron chi connectivity index (χ4n) is 8.11. The molecule has 2 bridgehead atoms. The molecule has 18 heteroatoms. The van der Waals surface area contributed by atoms with Gasteiger partial charge in [0.15, 0.2) is 12.1 Å². The Morgan fingerprint density at radius 1 is 0.692 bits per heavy atom. The van der Waals surface area contributed by atoms with E-state index in [-0.39, 0.29) is 38.0 Å². The first-order valence-corrected chi connectivity index (χ1v) is 22.6. The van der Waals surface area contributed by atoms with E-state index in [0.717, 1.165) is 12.8 Å². The first-order chi connectivity index (χ1) is 30.6. The first-order valence-electron chi connectivity index (χ1n) is 22.6. The molecule has 0 saturated carbocycles. The molecule has 0 spiro atoms. The molecule has 9 unspecified atom stereocenters. The van der Waals surface area contributed by atoms with Crippen LogP contribution in [0.25, 0.3) is 0 Å². The molecule has 65 heavy (non-hydrogen) atoms. The summed E-state index contributed by atoms with van der Waals surface area (Å²) in [7, 11) is 0.